The van der Waals surface area contributed by atoms with Gasteiger partial charge in [-0.2, -0.15) is 5.26 Å². The summed E-state index contributed by atoms with van der Waals surface area (Å²) in [7, 11) is 1.71. The fourth-order valence-electron chi connectivity index (χ4n) is 2.63. The van der Waals surface area contributed by atoms with Gasteiger partial charge in [-0.25, -0.2) is 0 Å². The lowest BCUT2D eigenvalue weighted by molar-refractivity contribution is -0.134. The molecule has 0 bridgehead atoms. The molecule has 1 aromatic carbocycles. The van der Waals surface area contributed by atoms with Gasteiger partial charge in [-0.3, -0.25) is 14.6 Å². The second kappa shape index (κ2) is 7.58. The molecule has 5 heteroatoms. The van der Waals surface area contributed by atoms with Crippen molar-refractivity contribution < 1.29 is 4.79 Å². The number of nitriles is 1. The summed E-state index contributed by atoms with van der Waals surface area (Å²) in [5.74, 6) is 0.00746. The number of hydrogen-bond acceptors (Lipinski definition) is 4. The molecular weight excluding hydrogens is 288 g/mol. The first-order valence-electron chi connectivity index (χ1n) is 8.09. The van der Waals surface area contributed by atoms with Crippen molar-refractivity contribution in [1.29, 1.82) is 5.26 Å². The van der Waals surface area contributed by atoms with Crippen LogP contribution in [0.3, 0.4) is 0 Å². The molecule has 0 saturated carbocycles. The van der Waals surface area contributed by atoms with Gasteiger partial charge < -0.3 is 4.90 Å². The highest BCUT2D eigenvalue weighted by atomic mass is 16.2. The number of likely N-dealkylation sites (N-methyl/N-ethyl adjacent to an activating group) is 1. The lowest BCUT2D eigenvalue weighted by Crippen LogP contribution is -2.52. The molecule has 0 radical (unpaired) electrons. The Hall–Kier alpha value is -1.90. The van der Waals surface area contributed by atoms with Crippen LogP contribution in [-0.4, -0.2) is 65.9 Å². The van der Waals surface area contributed by atoms with E-state index in [2.05, 4.69) is 40.1 Å². The van der Waals surface area contributed by atoms with Crippen molar-refractivity contribution in [2.24, 2.45) is 0 Å². The lowest BCUT2D eigenvalue weighted by Gasteiger charge is -2.36. The van der Waals surface area contributed by atoms with Crippen molar-refractivity contribution in [2.75, 3.05) is 39.8 Å². The Kier molecular flexibility index (Phi) is 5.75. The minimum Gasteiger partial charge on any atom is -0.326 e. The molecule has 0 spiro atoms. The highest BCUT2D eigenvalue weighted by molar-refractivity contribution is 5.79. The minimum absolute atomic E-state index is 0.00746. The van der Waals surface area contributed by atoms with Crippen LogP contribution in [0.1, 0.15) is 19.4 Å². The molecule has 2 rings (SSSR count). The molecule has 0 aromatic heterocycles. The molecule has 1 aliphatic heterocycles. The number of benzene rings is 1. The van der Waals surface area contributed by atoms with Gasteiger partial charge in [0, 0.05) is 39.8 Å². The molecule has 0 atom stereocenters. The average molecular weight is 314 g/mol. The topological polar surface area (TPSA) is 50.6 Å². The smallest absolute Gasteiger partial charge is 0.237 e. The zero-order valence-corrected chi connectivity index (χ0v) is 14.3. The van der Waals surface area contributed by atoms with E-state index in [0.717, 1.165) is 32.7 Å². The maximum absolute atomic E-state index is 12.3. The zero-order chi connectivity index (χ0) is 16.9. The van der Waals surface area contributed by atoms with Crippen molar-refractivity contribution >= 4 is 5.91 Å². The van der Waals surface area contributed by atoms with E-state index >= 15 is 0 Å². The molecule has 1 amide bonds. The fourth-order valence-corrected chi connectivity index (χ4v) is 2.63. The van der Waals surface area contributed by atoms with Crippen LogP contribution in [0.2, 0.25) is 0 Å². The highest BCUT2D eigenvalue weighted by Gasteiger charge is 2.29. The molecule has 1 saturated heterocycles. The van der Waals surface area contributed by atoms with Gasteiger partial charge in [0.25, 0.3) is 0 Å². The van der Waals surface area contributed by atoms with Crippen LogP contribution in [0, 0.1) is 11.3 Å². The van der Waals surface area contributed by atoms with Crippen molar-refractivity contribution in [3.63, 3.8) is 0 Å². The summed E-state index contributed by atoms with van der Waals surface area (Å²) in [6.07, 6.45) is 0. The Morgan fingerprint density at radius 3 is 2.30 bits per heavy atom. The quantitative estimate of drug-likeness (QED) is 0.828. The van der Waals surface area contributed by atoms with E-state index in [1.165, 1.54) is 5.56 Å². The van der Waals surface area contributed by atoms with E-state index in [9.17, 15) is 4.79 Å². The van der Waals surface area contributed by atoms with Crippen LogP contribution in [0.15, 0.2) is 30.3 Å². The molecule has 1 aromatic rings. The number of carbonyl (C=O) groups is 1. The number of nitrogens with zero attached hydrogens (tertiary/aromatic N) is 4. The largest absolute Gasteiger partial charge is 0.326 e. The van der Waals surface area contributed by atoms with E-state index in [4.69, 9.17) is 5.26 Å². The van der Waals surface area contributed by atoms with Gasteiger partial charge in [0.15, 0.2) is 0 Å². The first-order chi connectivity index (χ1) is 10.9. The molecule has 0 aliphatic carbocycles. The number of carbonyl (C=O) groups excluding carboxylic acids is 1. The molecule has 23 heavy (non-hydrogen) atoms. The highest BCUT2D eigenvalue weighted by Crippen LogP contribution is 2.12. The van der Waals surface area contributed by atoms with Gasteiger partial charge in [0.1, 0.15) is 5.54 Å². The third-order valence-electron chi connectivity index (χ3n) is 4.56. The predicted octanol–water partition coefficient (Wildman–Crippen LogP) is 1.56. The van der Waals surface area contributed by atoms with Crippen molar-refractivity contribution in [3.05, 3.63) is 35.9 Å². The Balaban J connectivity index is 1.79. The summed E-state index contributed by atoms with van der Waals surface area (Å²) >= 11 is 0. The SMILES string of the molecule is CN(C(=O)CN1CCN(Cc2ccccc2)CC1)C(C)(C)C#N. The van der Waals surface area contributed by atoms with E-state index in [0.29, 0.717) is 6.54 Å². The van der Waals surface area contributed by atoms with Crippen molar-refractivity contribution in [1.82, 2.24) is 14.7 Å². The second-order valence-electron chi connectivity index (χ2n) is 6.66. The number of piperazine rings is 1. The number of hydrogen-bond donors (Lipinski definition) is 0. The summed E-state index contributed by atoms with van der Waals surface area (Å²) in [5, 5.41) is 9.13. The van der Waals surface area contributed by atoms with Crippen LogP contribution in [-0.2, 0) is 11.3 Å². The van der Waals surface area contributed by atoms with E-state index in [1.54, 1.807) is 25.8 Å². The zero-order valence-electron chi connectivity index (χ0n) is 14.3. The Labute approximate surface area is 139 Å². The first-order valence-corrected chi connectivity index (χ1v) is 8.09. The van der Waals surface area contributed by atoms with Gasteiger partial charge >= 0.3 is 0 Å². The van der Waals surface area contributed by atoms with Gasteiger partial charge in [0.05, 0.1) is 12.6 Å². The van der Waals surface area contributed by atoms with E-state index < -0.39 is 5.54 Å². The Morgan fingerprint density at radius 1 is 1.17 bits per heavy atom. The van der Waals surface area contributed by atoms with Crippen LogP contribution < -0.4 is 0 Å². The van der Waals surface area contributed by atoms with E-state index in [1.807, 2.05) is 6.07 Å². The van der Waals surface area contributed by atoms with Gasteiger partial charge in [-0.15, -0.1) is 0 Å². The summed E-state index contributed by atoms with van der Waals surface area (Å²) in [4.78, 5) is 18.4. The third kappa shape index (κ3) is 4.78. The summed E-state index contributed by atoms with van der Waals surface area (Å²) in [5.41, 5.74) is 0.569. The standard InChI is InChI=1S/C18H26N4O/c1-18(2,15-19)20(3)17(23)14-22-11-9-21(10-12-22)13-16-7-5-4-6-8-16/h4-8H,9-14H2,1-3H3. The van der Waals surface area contributed by atoms with Crippen LogP contribution in [0.5, 0.6) is 0 Å². The maximum atomic E-state index is 12.3. The van der Waals surface area contributed by atoms with Crippen molar-refractivity contribution in [3.8, 4) is 6.07 Å². The maximum Gasteiger partial charge on any atom is 0.237 e. The average Bonchev–Trinajstić information content (AvgIpc) is 2.56. The van der Waals surface area contributed by atoms with E-state index in [-0.39, 0.29) is 5.91 Å². The molecule has 5 nitrogen and oxygen atoms in total. The molecule has 0 N–H and O–H groups in total. The van der Waals surface area contributed by atoms with Gasteiger partial charge in [-0.05, 0) is 19.4 Å². The first kappa shape index (κ1) is 17.5. The molecule has 1 heterocycles. The van der Waals surface area contributed by atoms with Gasteiger partial charge in [-0.1, -0.05) is 30.3 Å². The normalized spacial score (nSPS) is 16.8. The fraction of sp³-hybridized carbons (Fsp3) is 0.556. The molecule has 124 valence electrons. The third-order valence-corrected chi connectivity index (χ3v) is 4.56. The number of amides is 1. The van der Waals surface area contributed by atoms with Crippen LogP contribution in [0.4, 0.5) is 0 Å². The molecular formula is C18H26N4O. The molecule has 0 unspecified atom stereocenters. The molecule has 1 aliphatic rings. The second-order valence-corrected chi connectivity index (χ2v) is 6.66. The minimum atomic E-state index is -0.758. The van der Waals surface area contributed by atoms with Crippen molar-refractivity contribution in [2.45, 2.75) is 25.9 Å². The monoisotopic (exact) mass is 314 g/mol. The predicted molar refractivity (Wildman–Crippen MR) is 90.6 cm³/mol. The summed E-state index contributed by atoms with van der Waals surface area (Å²) < 4.78 is 0. The molecule has 1 fully saturated rings. The number of rotatable bonds is 5. The Morgan fingerprint density at radius 2 is 1.74 bits per heavy atom. The Bertz CT molecular complexity index is 556. The van der Waals surface area contributed by atoms with Crippen LogP contribution in [0.25, 0.3) is 0 Å². The van der Waals surface area contributed by atoms with Crippen LogP contribution >= 0.6 is 0 Å². The lowest BCUT2D eigenvalue weighted by atomic mass is 10.1. The van der Waals surface area contributed by atoms with Gasteiger partial charge in [0.2, 0.25) is 5.91 Å². The summed E-state index contributed by atoms with van der Waals surface area (Å²) in [6, 6.07) is 12.6. The summed E-state index contributed by atoms with van der Waals surface area (Å²) in [6.45, 7) is 8.59.